The van der Waals surface area contributed by atoms with Gasteiger partial charge in [-0.05, 0) is 52.1 Å². The van der Waals surface area contributed by atoms with E-state index in [4.69, 9.17) is 10.7 Å². The number of hydrogen-bond acceptors (Lipinski definition) is 6. The predicted molar refractivity (Wildman–Crippen MR) is 113 cm³/mol. The zero-order valence-electron chi connectivity index (χ0n) is 17.4. The quantitative estimate of drug-likeness (QED) is 0.545. The van der Waals surface area contributed by atoms with Crippen molar-refractivity contribution >= 4 is 16.7 Å². The Morgan fingerprint density at radius 3 is 2.77 bits per heavy atom. The third-order valence-corrected chi connectivity index (χ3v) is 6.16. The van der Waals surface area contributed by atoms with Crippen LogP contribution >= 0.6 is 0 Å². The number of hydrogen-bond donors (Lipinski definition) is 1. The van der Waals surface area contributed by atoms with Crippen molar-refractivity contribution < 1.29 is 4.39 Å². The van der Waals surface area contributed by atoms with E-state index in [1.165, 1.54) is 0 Å². The van der Waals surface area contributed by atoms with Gasteiger partial charge in [0.15, 0.2) is 11.5 Å². The van der Waals surface area contributed by atoms with Gasteiger partial charge in [0.1, 0.15) is 18.0 Å². The van der Waals surface area contributed by atoms with Gasteiger partial charge >= 0.3 is 0 Å². The van der Waals surface area contributed by atoms with E-state index in [0.717, 1.165) is 41.0 Å². The second-order valence-electron chi connectivity index (χ2n) is 8.36. The summed E-state index contributed by atoms with van der Waals surface area (Å²) in [5.74, 6) is 1.42. The van der Waals surface area contributed by atoms with Gasteiger partial charge in [0, 0.05) is 17.8 Å². The number of alkyl halides is 1. The lowest BCUT2D eigenvalue weighted by molar-refractivity contribution is 0.0865. The molecule has 4 aromatic heterocycles. The molecule has 4 aromatic rings. The molecule has 2 N–H and O–H groups in total. The lowest BCUT2D eigenvalue weighted by Gasteiger charge is -2.46. The highest BCUT2D eigenvalue weighted by molar-refractivity contribution is 5.82. The minimum Gasteiger partial charge on any atom is -0.319 e. The van der Waals surface area contributed by atoms with Gasteiger partial charge < -0.3 is 15.2 Å². The highest BCUT2D eigenvalue weighted by Crippen LogP contribution is 2.39. The second kappa shape index (κ2) is 6.82. The molecule has 0 amide bonds. The summed E-state index contributed by atoms with van der Waals surface area (Å²) in [6, 6.07) is 6.28. The molecule has 0 atom stereocenters. The van der Waals surface area contributed by atoms with E-state index in [-0.39, 0.29) is 6.54 Å². The molecule has 4 heterocycles. The van der Waals surface area contributed by atoms with Crippen molar-refractivity contribution in [2.45, 2.75) is 37.9 Å². The van der Waals surface area contributed by atoms with Gasteiger partial charge in [0.05, 0.1) is 29.5 Å². The fraction of sp³-hybridized carbons (Fsp3) is 0.429. The molecule has 0 radical (unpaired) electrons. The average molecular weight is 408 g/mol. The van der Waals surface area contributed by atoms with E-state index in [2.05, 4.69) is 34.1 Å². The number of nitrogens with two attached hydrogens (primary N) is 1. The molecule has 1 aliphatic rings. The van der Waals surface area contributed by atoms with Crippen LogP contribution in [-0.2, 0) is 12.1 Å². The van der Waals surface area contributed by atoms with Crippen molar-refractivity contribution in [3.63, 3.8) is 0 Å². The summed E-state index contributed by atoms with van der Waals surface area (Å²) in [4.78, 5) is 16.0. The largest absolute Gasteiger partial charge is 0.319 e. The molecular formula is C21H25FN8. The highest BCUT2D eigenvalue weighted by atomic mass is 19.1. The van der Waals surface area contributed by atoms with E-state index in [1.807, 2.05) is 46.6 Å². The number of imidazole rings is 1. The lowest BCUT2D eigenvalue weighted by atomic mass is 9.72. The third-order valence-electron chi connectivity index (χ3n) is 6.16. The second-order valence-corrected chi connectivity index (χ2v) is 8.36. The van der Waals surface area contributed by atoms with Crippen LogP contribution in [0.15, 0.2) is 30.6 Å². The summed E-state index contributed by atoms with van der Waals surface area (Å²) >= 11 is 0. The molecule has 0 aliphatic heterocycles. The van der Waals surface area contributed by atoms with E-state index in [0.29, 0.717) is 17.5 Å². The van der Waals surface area contributed by atoms with Gasteiger partial charge in [-0.25, -0.2) is 23.9 Å². The number of fused-ring (bicyclic) bond motifs is 2. The lowest BCUT2D eigenvalue weighted by Crippen LogP contribution is -2.57. The summed E-state index contributed by atoms with van der Waals surface area (Å²) in [7, 11) is 4.13. The molecule has 1 saturated carbocycles. The molecule has 5 rings (SSSR count). The SMILES string of the molecule is Cc1nc2ccc(-c3ccn4nc(C5(N)CC(N(C)C)C5)ncc34)nc2n1CCF. The number of pyridine rings is 1. The Kier molecular flexibility index (Phi) is 4.33. The number of aromatic nitrogens is 6. The third kappa shape index (κ3) is 2.88. The van der Waals surface area contributed by atoms with E-state index >= 15 is 0 Å². The van der Waals surface area contributed by atoms with Gasteiger partial charge in [-0.2, -0.15) is 5.10 Å². The van der Waals surface area contributed by atoms with Crippen molar-refractivity contribution in [1.29, 1.82) is 0 Å². The molecule has 0 unspecified atom stereocenters. The Labute approximate surface area is 173 Å². The summed E-state index contributed by atoms with van der Waals surface area (Å²) in [6.07, 6.45) is 5.40. The van der Waals surface area contributed by atoms with Gasteiger partial charge in [-0.3, -0.25) is 0 Å². The van der Waals surface area contributed by atoms with Crippen LogP contribution in [0.25, 0.3) is 27.9 Å². The van der Waals surface area contributed by atoms with Crippen LogP contribution in [0.4, 0.5) is 4.39 Å². The van der Waals surface area contributed by atoms with Crippen molar-refractivity contribution in [2.24, 2.45) is 5.73 Å². The molecule has 156 valence electrons. The van der Waals surface area contributed by atoms with Gasteiger partial charge in [-0.15, -0.1) is 0 Å². The molecule has 9 heteroatoms. The maximum absolute atomic E-state index is 13.0. The summed E-state index contributed by atoms with van der Waals surface area (Å²) in [5, 5.41) is 4.69. The van der Waals surface area contributed by atoms with Crippen LogP contribution in [0.3, 0.4) is 0 Å². The molecule has 0 aromatic carbocycles. The minimum atomic E-state index is -0.485. The minimum absolute atomic E-state index is 0.244. The standard InChI is InChI=1S/C21H25FN8/c1-13-25-17-5-4-16(26-19(17)29(13)9-7-22)15-6-8-30-18(15)12-24-20(27-30)21(23)10-14(11-21)28(2)3/h4-6,8,12,14H,7,9-11,23H2,1-3H3. The molecule has 1 fully saturated rings. The molecule has 8 nitrogen and oxygen atoms in total. The van der Waals surface area contributed by atoms with Crippen LogP contribution in [0, 0.1) is 6.92 Å². The van der Waals surface area contributed by atoms with Gasteiger partial charge in [0.2, 0.25) is 0 Å². The number of halogens is 1. The average Bonchev–Trinajstić information content (AvgIpc) is 3.26. The normalized spacial score (nSPS) is 21.6. The van der Waals surface area contributed by atoms with Gasteiger partial charge in [0.25, 0.3) is 0 Å². The first-order chi connectivity index (χ1) is 14.4. The molecule has 0 spiro atoms. The Morgan fingerprint density at radius 2 is 2.03 bits per heavy atom. The van der Waals surface area contributed by atoms with E-state index in [1.54, 1.807) is 0 Å². The molecular weight excluding hydrogens is 383 g/mol. The Hall–Kier alpha value is -2.91. The monoisotopic (exact) mass is 408 g/mol. The number of aryl methyl sites for hydroxylation is 2. The number of nitrogens with zero attached hydrogens (tertiary/aromatic N) is 7. The first-order valence-electron chi connectivity index (χ1n) is 10.1. The summed E-state index contributed by atoms with van der Waals surface area (Å²) < 4.78 is 16.6. The Balaban J connectivity index is 1.52. The fourth-order valence-electron chi connectivity index (χ4n) is 4.29. The predicted octanol–water partition coefficient (Wildman–Crippen LogP) is 2.30. The van der Waals surface area contributed by atoms with Crippen LogP contribution in [0.5, 0.6) is 0 Å². The first-order valence-corrected chi connectivity index (χ1v) is 10.1. The van der Waals surface area contributed by atoms with Crippen molar-refractivity contribution in [3.05, 3.63) is 42.2 Å². The van der Waals surface area contributed by atoms with Crippen LogP contribution in [0.2, 0.25) is 0 Å². The topological polar surface area (TPSA) is 90.2 Å². The van der Waals surface area contributed by atoms with Crippen LogP contribution < -0.4 is 5.73 Å². The Morgan fingerprint density at radius 1 is 1.23 bits per heavy atom. The molecule has 0 saturated heterocycles. The maximum Gasteiger partial charge on any atom is 0.169 e. The van der Waals surface area contributed by atoms with Crippen LogP contribution in [0.1, 0.15) is 24.5 Å². The number of rotatable bonds is 5. The zero-order valence-corrected chi connectivity index (χ0v) is 17.4. The molecule has 0 bridgehead atoms. The molecule has 1 aliphatic carbocycles. The van der Waals surface area contributed by atoms with E-state index in [9.17, 15) is 4.39 Å². The zero-order chi connectivity index (χ0) is 21.0. The van der Waals surface area contributed by atoms with Crippen molar-refractivity contribution in [2.75, 3.05) is 20.8 Å². The maximum atomic E-state index is 13.0. The summed E-state index contributed by atoms with van der Waals surface area (Å²) in [5.41, 5.74) is 10.1. The first kappa shape index (κ1) is 19.1. The smallest absolute Gasteiger partial charge is 0.169 e. The fourth-order valence-corrected chi connectivity index (χ4v) is 4.29. The molecule has 30 heavy (non-hydrogen) atoms. The Bertz CT molecular complexity index is 1230. The van der Waals surface area contributed by atoms with Crippen molar-refractivity contribution in [3.8, 4) is 11.3 Å². The van der Waals surface area contributed by atoms with E-state index < -0.39 is 12.2 Å². The highest BCUT2D eigenvalue weighted by Gasteiger charge is 2.45. The van der Waals surface area contributed by atoms with Crippen molar-refractivity contribution in [1.82, 2.24) is 34.0 Å². The summed E-state index contributed by atoms with van der Waals surface area (Å²) in [6.45, 7) is 1.65. The van der Waals surface area contributed by atoms with Gasteiger partial charge in [-0.1, -0.05) is 0 Å². The van der Waals surface area contributed by atoms with Crippen LogP contribution in [-0.4, -0.2) is 60.8 Å².